The fourth-order valence-electron chi connectivity index (χ4n) is 1.04. The summed E-state index contributed by atoms with van der Waals surface area (Å²) in [6, 6.07) is 3.09. The lowest BCUT2D eigenvalue weighted by Gasteiger charge is -2.06. The number of carbonyl (C=O) groups is 1. The smallest absolute Gasteiger partial charge is 0.320 e. The van der Waals surface area contributed by atoms with Crippen LogP contribution in [0, 0.1) is 5.41 Å². The molecule has 0 aromatic heterocycles. The minimum absolute atomic E-state index is 0.114. The maximum atomic E-state index is 10.4. The van der Waals surface area contributed by atoms with Crippen LogP contribution in [0.5, 0.6) is 11.5 Å². The summed E-state index contributed by atoms with van der Waals surface area (Å²) in [7, 11) is 0. The molecule has 1 atom stereocenters. The zero-order valence-corrected chi connectivity index (χ0v) is 8.75. The van der Waals surface area contributed by atoms with E-state index < -0.39 is 12.0 Å². The number of hydrogen-bond donors (Lipinski definition) is 5. The predicted molar refractivity (Wildman–Crippen MR) is 57.5 cm³/mol. The minimum Gasteiger partial charge on any atom is -0.504 e. The number of phenols is 2. The van der Waals surface area contributed by atoms with E-state index in [1.54, 1.807) is 0 Å². The SMILES string of the molecule is N=C=O.N[C@@H](Cc1ccc(O)c(O)c1)C(=O)O. The normalized spacial score (nSPS) is 10.6. The molecule has 7 nitrogen and oxygen atoms in total. The van der Waals surface area contributed by atoms with Crippen molar-refractivity contribution in [2.24, 2.45) is 5.73 Å². The number of carbonyl (C=O) groups excluding carboxylic acids is 1. The molecular formula is C10H12N2O5. The van der Waals surface area contributed by atoms with Crippen LogP contribution in [0.15, 0.2) is 18.2 Å². The van der Waals surface area contributed by atoms with Crippen LogP contribution in [0.4, 0.5) is 0 Å². The van der Waals surface area contributed by atoms with Crippen molar-refractivity contribution in [3.63, 3.8) is 0 Å². The number of nitrogens with two attached hydrogens (primary N) is 1. The molecule has 0 fully saturated rings. The Hall–Kier alpha value is -2.37. The first kappa shape index (κ1) is 14.6. The summed E-state index contributed by atoms with van der Waals surface area (Å²) in [6.07, 6.45) is 0.864. The van der Waals surface area contributed by atoms with Crippen molar-refractivity contribution in [1.29, 1.82) is 5.41 Å². The summed E-state index contributed by atoms with van der Waals surface area (Å²) < 4.78 is 0. The van der Waals surface area contributed by atoms with Crippen molar-refractivity contribution in [2.75, 3.05) is 0 Å². The van der Waals surface area contributed by atoms with E-state index in [1.807, 2.05) is 0 Å². The molecule has 1 aromatic carbocycles. The molecule has 0 aliphatic carbocycles. The topological polar surface area (TPSA) is 145 Å². The molecule has 0 saturated heterocycles. The number of aliphatic carboxylic acids is 1. The number of nitrogens with one attached hydrogen (secondary N) is 1. The van der Waals surface area contributed by atoms with Gasteiger partial charge in [-0.15, -0.1) is 0 Å². The molecule has 0 aliphatic heterocycles. The van der Waals surface area contributed by atoms with Gasteiger partial charge in [0.15, 0.2) is 11.5 Å². The first-order chi connectivity index (χ1) is 7.92. The Kier molecular flexibility index (Phi) is 6.02. The second kappa shape index (κ2) is 7.00. The predicted octanol–water partition coefficient (Wildman–Crippen LogP) is -0.0468. The Balaban J connectivity index is 0.000000770. The molecule has 0 saturated carbocycles. The number of phenolic OH excluding ortho intramolecular Hbond substituents is 2. The van der Waals surface area contributed by atoms with Crippen molar-refractivity contribution in [3.8, 4) is 11.5 Å². The first-order valence-corrected chi connectivity index (χ1v) is 4.45. The molecule has 0 amide bonds. The lowest BCUT2D eigenvalue weighted by molar-refractivity contribution is -0.138. The average Bonchev–Trinajstić information content (AvgIpc) is 2.24. The fraction of sp³-hybridized carbons (Fsp3) is 0.200. The van der Waals surface area contributed by atoms with Crippen molar-refractivity contribution in [3.05, 3.63) is 23.8 Å². The monoisotopic (exact) mass is 240 g/mol. The molecule has 0 bridgehead atoms. The Morgan fingerprint density at radius 3 is 2.35 bits per heavy atom. The van der Waals surface area contributed by atoms with Crippen LogP contribution in [-0.2, 0) is 16.0 Å². The van der Waals surface area contributed by atoms with Crippen LogP contribution in [0.25, 0.3) is 0 Å². The van der Waals surface area contributed by atoms with E-state index in [9.17, 15) is 4.79 Å². The van der Waals surface area contributed by atoms with E-state index in [0.29, 0.717) is 5.56 Å². The second-order valence-corrected chi connectivity index (χ2v) is 3.07. The van der Waals surface area contributed by atoms with Crippen molar-refractivity contribution >= 4 is 12.0 Å². The molecule has 6 N–H and O–H groups in total. The minimum atomic E-state index is -1.10. The third-order valence-electron chi connectivity index (χ3n) is 1.81. The second-order valence-electron chi connectivity index (χ2n) is 3.07. The number of carboxylic acid groups (broad SMARTS) is 1. The molecule has 1 aromatic rings. The van der Waals surface area contributed by atoms with Crippen LogP contribution in [0.3, 0.4) is 0 Å². The molecule has 92 valence electrons. The summed E-state index contributed by atoms with van der Waals surface area (Å²) in [4.78, 5) is 18.8. The summed E-state index contributed by atoms with van der Waals surface area (Å²) in [5.41, 5.74) is 5.86. The van der Waals surface area contributed by atoms with E-state index in [0.717, 1.165) is 6.08 Å². The largest absolute Gasteiger partial charge is 0.504 e. The third kappa shape index (κ3) is 5.31. The summed E-state index contributed by atoms with van der Waals surface area (Å²) in [6.45, 7) is 0. The maximum Gasteiger partial charge on any atom is 0.320 e. The van der Waals surface area contributed by atoms with E-state index in [-0.39, 0.29) is 17.9 Å². The van der Waals surface area contributed by atoms with Crippen LogP contribution in [0.2, 0.25) is 0 Å². The van der Waals surface area contributed by atoms with Crippen molar-refractivity contribution in [2.45, 2.75) is 12.5 Å². The highest BCUT2D eigenvalue weighted by Crippen LogP contribution is 2.25. The van der Waals surface area contributed by atoms with Crippen LogP contribution in [-0.4, -0.2) is 33.4 Å². The Morgan fingerprint density at radius 1 is 1.41 bits per heavy atom. The summed E-state index contributed by atoms with van der Waals surface area (Å²) in [5.74, 6) is -1.62. The summed E-state index contributed by atoms with van der Waals surface area (Å²) in [5, 5.41) is 32.0. The molecule has 0 heterocycles. The van der Waals surface area contributed by atoms with Gasteiger partial charge < -0.3 is 21.1 Å². The van der Waals surface area contributed by atoms with E-state index in [1.165, 1.54) is 18.2 Å². The molecular weight excluding hydrogens is 228 g/mol. The van der Waals surface area contributed by atoms with E-state index in [4.69, 9.17) is 31.3 Å². The lowest BCUT2D eigenvalue weighted by atomic mass is 10.1. The highest BCUT2D eigenvalue weighted by Gasteiger charge is 2.12. The van der Waals surface area contributed by atoms with Gasteiger partial charge in [-0.1, -0.05) is 6.07 Å². The standard InChI is InChI=1S/C9H11NO4.CHNO/c10-6(9(13)14)3-5-1-2-7(11)8(12)4-5;2-1-3/h1-2,4,6,11-12H,3,10H2,(H,13,14);2H/t6-;/m0./s1. The van der Waals surface area contributed by atoms with Gasteiger partial charge >= 0.3 is 5.97 Å². The Labute approximate surface area is 96.6 Å². The van der Waals surface area contributed by atoms with Gasteiger partial charge in [0, 0.05) is 0 Å². The number of benzene rings is 1. The Morgan fingerprint density at radius 2 is 1.94 bits per heavy atom. The number of isocyanates is 1. The van der Waals surface area contributed by atoms with E-state index >= 15 is 0 Å². The number of aromatic hydroxyl groups is 2. The average molecular weight is 240 g/mol. The fourth-order valence-corrected chi connectivity index (χ4v) is 1.04. The zero-order valence-electron chi connectivity index (χ0n) is 8.75. The number of hydrogen-bond acceptors (Lipinski definition) is 6. The van der Waals surface area contributed by atoms with Gasteiger partial charge in [-0.25, -0.2) is 10.2 Å². The Bertz CT molecular complexity index is 427. The lowest BCUT2D eigenvalue weighted by Crippen LogP contribution is -2.32. The quantitative estimate of drug-likeness (QED) is 0.284. The molecule has 1 rings (SSSR count). The van der Waals surface area contributed by atoms with Crippen molar-refractivity contribution < 1.29 is 24.9 Å². The van der Waals surface area contributed by atoms with Crippen LogP contribution < -0.4 is 5.73 Å². The molecule has 0 spiro atoms. The van der Waals surface area contributed by atoms with Gasteiger partial charge in [-0.2, -0.15) is 0 Å². The molecule has 0 aliphatic rings. The van der Waals surface area contributed by atoms with E-state index in [2.05, 4.69) is 0 Å². The van der Waals surface area contributed by atoms with Gasteiger partial charge in [0.25, 0.3) is 0 Å². The first-order valence-electron chi connectivity index (χ1n) is 4.45. The zero-order chi connectivity index (χ0) is 13.4. The summed E-state index contributed by atoms with van der Waals surface area (Å²) >= 11 is 0. The molecule has 7 heteroatoms. The van der Waals surface area contributed by atoms with Gasteiger partial charge in [0.1, 0.15) is 6.04 Å². The highest BCUT2D eigenvalue weighted by atomic mass is 16.4. The van der Waals surface area contributed by atoms with Gasteiger partial charge in [-0.05, 0) is 24.1 Å². The molecule has 17 heavy (non-hydrogen) atoms. The molecule has 0 radical (unpaired) electrons. The van der Waals surface area contributed by atoms with Gasteiger partial charge in [0.05, 0.1) is 0 Å². The highest BCUT2D eigenvalue weighted by molar-refractivity contribution is 5.73. The van der Waals surface area contributed by atoms with Crippen LogP contribution >= 0.6 is 0 Å². The number of rotatable bonds is 3. The van der Waals surface area contributed by atoms with Crippen LogP contribution in [0.1, 0.15) is 5.56 Å². The van der Waals surface area contributed by atoms with Gasteiger partial charge in [-0.3, -0.25) is 4.79 Å². The van der Waals surface area contributed by atoms with Crippen molar-refractivity contribution in [1.82, 2.24) is 0 Å². The third-order valence-corrected chi connectivity index (χ3v) is 1.81. The van der Waals surface area contributed by atoms with Gasteiger partial charge in [0.2, 0.25) is 6.08 Å². The molecule has 0 unspecified atom stereocenters. The maximum absolute atomic E-state index is 10.4. The number of carboxylic acids is 1.